The Hall–Kier alpha value is -2.75. The fourth-order valence-electron chi connectivity index (χ4n) is 2.52. The summed E-state index contributed by atoms with van der Waals surface area (Å²) >= 11 is 0. The van der Waals surface area contributed by atoms with Crippen molar-refractivity contribution in [2.75, 3.05) is 10.8 Å². The van der Waals surface area contributed by atoms with Gasteiger partial charge in [-0.3, -0.25) is 9.10 Å². The SMILES string of the molecule is NC(=O)[C@@H]1CN(S(=O)(=O)c2ccc(C(F)(F)F)cc2)c2ccccc2O1. The normalized spacial score (nSPS) is 17.3. The third-order valence-corrected chi connectivity index (χ3v) is 5.62. The first-order chi connectivity index (χ1) is 12.1. The Bertz CT molecular complexity index is 943. The highest BCUT2D eigenvalue weighted by atomic mass is 32.2. The van der Waals surface area contributed by atoms with Gasteiger partial charge in [-0.15, -0.1) is 0 Å². The van der Waals surface area contributed by atoms with Crippen molar-refractivity contribution in [1.82, 2.24) is 0 Å². The van der Waals surface area contributed by atoms with E-state index in [1.54, 1.807) is 12.1 Å². The van der Waals surface area contributed by atoms with Gasteiger partial charge in [0, 0.05) is 0 Å². The molecule has 1 amide bonds. The molecule has 2 N–H and O–H groups in total. The van der Waals surface area contributed by atoms with Gasteiger partial charge in [0.25, 0.3) is 15.9 Å². The number of sulfonamides is 1. The molecule has 0 bridgehead atoms. The van der Waals surface area contributed by atoms with Crippen molar-refractivity contribution in [1.29, 1.82) is 0 Å². The van der Waals surface area contributed by atoms with E-state index in [2.05, 4.69) is 0 Å². The number of nitrogens with two attached hydrogens (primary N) is 1. The Balaban J connectivity index is 2.04. The van der Waals surface area contributed by atoms with E-state index in [1.807, 2.05) is 0 Å². The van der Waals surface area contributed by atoms with Crippen LogP contribution in [0.3, 0.4) is 0 Å². The molecule has 0 radical (unpaired) electrons. The molecule has 2 aromatic rings. The lowest BCUT2D eigenvalue weighted by atomic mass is 10.2. The highest BCUT2D eigenvalue weighted by molar-refractivity contribution is 7.92. The van der Waals surface area contributed by atoms with Crippen LogP contribution in [0.1, 0.15) is 5.56 Å². The van der Waals surface area contributed by atoms with Crippen LogP contribution < -0.4 is 14.8 Å². The lowest BCUT2D eigenvalue weighted by Gasteiger charge is -2.34. The Morgan fingerprint density at radius 2 is 1.73 bits per heavy atom. The topological polar surface area (TPSA) is 89.7 Å². The van der Waals surface area contributed by atoms with Gasteiger partial charge in [-0.2, -0.15) is 13.2 Å². The quantitative estimate of drug-likeness (QED) is 0.875. The van der Waals surface area contributed by atoms with Crippen LogP contribution in [0.4, 0.5) is 18.9 Å². The van der Waals surface area contributed by atoms with Gasteiger partial charge < -0.3 is 10.5 Å². The molecule has 1 heterocycles. The molecule has 1 atom stereocenters. The number of hydrogen-bond donors (Lipinski definition) is 1. The highest BCUT2D eigenvalue weighted by Crippen LogP contribution is 2.37. The molecular formula is C16H13F3N2O4S. The summed E-state index contributed by atoms with van der Waals surface area (Å²) in [4.78, 5) is 11.1. The molecule has 2 aromatic carbocycles. The van der Waals surface area contributed by atoms with Crippen molar-refractivity contribution < 1.29 is 31.1 Å². The van der Waals surface area contributed by atoms with Crippen molar-refractivity contribution in [2.45, 2.75) is 17.2 Å². The maximum atomic E-state index is 12.9. The number of carbonyl (C=O) groups excluding carboxylic acids is 1. The summed E-state index contributed by atoms with van der Waals surface area (Å²) in [5, 5.41) is 0. The van der Waals surface area contributed by atoms with Crippen molar-refractivity contribution in [2.24, 2.45) is 5.73 Å². The van der Waals surface area contributed by atoms with Gasteiger partial charge in [-0.25, -0.2) is 8.42 Å². The van der Waals surface area contributed by atoms with Crippen molar-refractivity contribution >= 4 is 21.6 Å². The van der Waals surface area contributed by atoms with Crippen molar-refractivity contribution in [3.05, 3.63) is 54.1 Å². The molecule has 6 nitrogen and oxygen atoms in total. The maximum Gasteiger partial charge on any atom is 0.416 e. The third-order valence-electron chi connectivity index (χ3n) is 3.82. The molecule has 0 aromatic heterocycles. The second-order valence-corrected chi connectivity index (χ2v) is 7.40. The summed E-state index contributed by atoms with van der Waals surface area (Å²) in [6.07, 6.45) is -5.79. The average Bonchev–Trinajstić information content (AvgIpc) is 2.60. The number of alkyl halides is 3. The van der Waals surface area contributed by atoms with E-state index < -0.39 is 33.8 Å². The summed E-state index contributed by atoms with van der Waals surface area (Å²) in [5.74, 6) is -0.717. The first kappa shape index (κ1) is 18.1. The fraction of sp³-hybridized carbons (Fsp3) is 0.188. The monoisotopic (exact) mass is 386 g/mol. The Labute approximate surface area is 147 Å². The predicted molar refractivity (Wildman–Crippen MR) is 86.0 cm³/mol. The van der Waals surface area contributed by atoms with Gasteiger partial charge in [0.15, 0.2) is 6.10 Å². The van der Waals surface area contributed by atoms with Crippen LogP contribution in [0.15, 0.2) is 53.4 Å². The molecule has 3 rings (SSSR count). The van der Waals surface area contributed by atoms with E-state index in [0.29, 0.717) is 12.1 Å². The molecule has 0 unspecified atom stereocenters. The van der Waals surface area contributed by atoms with Gasteiger partial charge in [0.1, 0.15) is 5.75 Å². The second kappa shape index (κ2) is 6.20. The molecule has 0 aliphatic carbocycles. The largest absolute Gasteiger partial charge is 0.476 e. The summed E-state index contributed by atoms with van der Waals surface area (Å²) in [6.45, 7) is -0.379. The predicted octanol–water partition coefficient (Wildman–Crippen LogP) is 2.15. The fourth-order valence-corrected chi connectivity index (χ4v) is 4.00. The Morgan fingerprint density at radius 1 is 1.12 bits per heavy atom. The number of fused-ring (bicyclic) bond motifs is 1. The van der Waals surface area contributed by atoms with Crippen LogP contribution in [0.5, 0.6) is 5.75 Å². The third kappa shape index (κ3) is 3.19. The summed E-state index contributed by atoms with van der Waals surface area (Å²) in [6, 6.07) is 9.21. The number of primary amides is 1. The number of anilines is 1. The Kier molecular flexibility index (Phi) is 4.31. The summed E-state index contributed by atoms with van der Waals surface area (Å²) < 4.78 is 70.2. The van der Waals surface area contributed by atoms with Gasteiger partial charge in [-0.1, -0.05) is 12.1 Å². The highest BCUT2D eigenvalue weighted by Gasteiger charge is 2.37. The van der Waals surface area contributed by atoms with Crippen LogP contribution in [0.25, 0.3) is 0 Å². The molecule has 10 heteroatoms. The summed E-state index contributed by atoms with van der Waals surface area (Å²) in [7, 11) is -4.23. The van der Waals surface area contributed by atoms with Crippen LogP contribution in [0, 0.1) is 0 Å². The molecule has 0 saturated heterocycles. The Morgan fingerprint density at radius 3 is 2.31 bits per heavy atom. The van der Waals surface area contributed by atoms with E-state index >= 15 is 0 Å². The smallest absolute Gasteiger partial charge is 0.416 e. The molecular weight excluding hydrogens is 373 g/mol. The standard InChI is InChI=1S/C16H13F3N2O4S/c17-16(18,19)10-5-7-11(8-6-10)26(23,24)21-9-14(15(20)22)25-13-4-2-1-3-12(13)21/h1-8,14H,9H2,(H2,20,22)/t14-/m0/s1. The lowest BCUT2D eigenvalue weighted by molar-refractivity contribution is -0.137. The van der Waals surface area contributed by atoms with E-state index in [4.69, 9.17) is 10.5 Å². The summed E-state index contributed by atoms with van der Waals surface area (Å²) in [5.41, 5.74) is 4.43. The molecule has 138 valence electrons. The molecule has 1 aliphatic heterocycles. The number of ether oxygens (including phenoxy) is 1. The minimum absolute atomic E-state index is 0.137. The van der Waals surface area contributed by atoms with Crippen LogP contribution >= 0.6 is 0 Å². The molecule has 0 saturated carbocycles. The van der Waals surface area contributed by atoms with Crippen LogP contribution in [-0.4, -0.2) is 27.0 Å². The average molecular weight is 386 g/mol. The zero-order chi connectivity index (χ0) is 19.1. The zero-order valence-corrected chi connectivity index (χ0v) is 13.9. The van der Waals surface area contributed by atoms with E-state index in [0.717, 1.165) is 16.4 Å². The van der Waals surface area contributed by atoms with Crippen molar-refractivity contribution in [3.8, 4) is 5.75 Å². The van der Waals surface area contributed by atoms with Crippen molar-refractivity contribution in [3.63, 3.8) is 0 Å². The molecule has 26 heavy (non-hydrogen) atoms. The number of benzene rings is 2. The molecule has 1 aliphatic rings. The van der Waals surface area contributed by atoms with Crippen LogP contribution in [0.2, 0.25) is 0 Å². The number of halogens is 3. The number of nitrogens with zero attached hydrogens (tertiary/aromatic N) is 1. The number of para-hydroxylation sites is 2. The first-order valence-corrected chi connectivity index (χ1v) is 8.80. The number of rotatable bonds is 3. The first-order valence-electron chi connectivity index (χ1n) is 7.36. The van der Waals surface area contributed by atoms with Gasteiger partial charge in [0.2, 0.25) is 0 Å². The minimum Gasteiger partial charge on any atom is -0.476 e. The number of hydrogen-bond acceptors (Lipinski definition) is 4. The molecule has 0 fully saturated rings. The van der Waals surface area contributed by atoms with E-state index in [1.165, 1.54) is 12.1 Å². The minimum atomic E-state index is -4.58. The maximum absolute atomic E-state index is 12.9. The van der Waals surface area contributed by atoms with E-state index in [-0.39, 0.29) is 22.9 Å². The van der Waals surface area contributed by atoms with Crippen LogP contribution in [-0.2, 0) is 21.0 Å². The second-order valence-electron chi connectivity index (χ2n) is 5.53. The lowest BCUT2D eigenvalue weighted by Crippen LogP contribution is -2.49. The van der Waals surface area contributed by atoms with E-state index in [9.17, 15) is 26.4 Å². The van der Waals surface area contributed by atoms with Gasteiger partial charge >= 0.3 is 6.18 Å². The zero-order valence-electron chi connectivity index (χ0n) is 13.1. The van der Waals surface area contributed by atoms with Gasteiger partial charge in [0.05, 0.1) is 22.7 Å². The molecule has 0 spiro atoms. The van der Waals surface area contributed by atoms with Gasteiger partial charge in [-0.05, 0) is 36.4 Å². The number of carbonyl (C=O) groups is 1. The number of amides is 1.